The van der Waals surface area contributed by atoms with Gasteiger partial charge >= 0.3 is 0 Å². The Morgan fingerprint density at radius 1 is 1.29 bits per heavy atom. The predicted octanol–water partition coefficient (Wildman–Crippen LogP) is 4.02. The highest BCUT2D eigenvalue weighted by Gasteiger charge is 2.14. The maximum absolute atomic E-state index is 10.9. The fraction of sp³-hybridized carbons (Fsp3) is 0.357. The largest absolute Gasteiger partial charge is 0.505 e. The van der Waals surface area contributed by atoms with Crippen LogP contribution in [0.25, 0.3) is 10.9 Å². The van der Waals surface area contributed by atoms with Gasteiger partial charge in [0, 0.05) is 23.7 Å². The monoisotopic (exact) mass is 331 g/mol. The summed E-state index contributed by atoms with van der Waals surface area (Å²) in [7, 11) is 0. The third kappa shape index (κ3) is 4.03. The second kappa shape index (κ2) is 8.77. The molecule has 7 heteroatoms. The van der Waals surface area contributed by atoms with Gasteiger partial charge in [-0.1, -0.05) is 13.8 Å². The molecule has 0 bridgehead atoms. The number of fused-ring (bicyclic) bond motifs is 1. The predicted molar refractivity (Wildman–Crippen MR) is 90.0 cm³/mol. The highest BCUT2D eigenvalue weighted by Crippen LogP contribution is 2.35. The first-order valence-electron chi connectivity index (χ1n) is 6.36. The number of rotatable bonds is 5. The Bertz CT molecular complexity index is 604. The third-order valence-corrected chi connectivity index (χ3v) is 3.31. The summed E-state index contributed by atoms with van der Waals surface area (Å²) in [5.74, 6) is 0.134. The van der Waals surface area contributed by atoms with Gasteiger partial charge in [-0.05, 0) is 36.5 Å². The van der Waals surface area contributed by atoms with Gasteiger partial charge < -0.3 is 5.11 Å². The van der Waals surface area contributed by atoms with E-state index in [-0.39, 0.29) is 30.6 Å². The van der Waals surface area contributed by atoms with Crippen molar-refractivity contribution in [2.75, 3.05) is 13.1 Å². The molecule has 0 amide bonds. The van der Waals surface area contributed by atoms with Gasteiger partial charge in [0.2, 0.25) is 0 Å². The standard InChI is InChI=1S/C14H17N3O2.2ClH/c1-3-17(4-2)9-10-8-12(16-19)11-6-5-7-15-13(11)14(10)18;;/h5-8,18H,3-4,9H2,1-2H3;2*1H. The van der Waals surface area contributed by atoms with E-state index in [2.05, 4.69) is 28.9 Å². The van der Waals surface area contributed by atoms with Crippen LogP contribution in [0.15, 0.2) is 29.6 Å². The molecule has 2 rings (SSSR count). The first-order chi connectivity index (χ1) is 9.21. The second-order valence-corrected chi connectivity index (χ2v) is 4.36. The Hall–Kier alpha value is -1.43. The first kappa shape index (κ1) is 19.6. The molecule has 116 valence electrons. The molecule has 1 N–H and O–H groups in total. The van der Waals surface area contributed by atoms with Gasteiger partial charge in [-0.25, -0.2) is 0 Å². The Balaban J connectivity index is 0.00000200. The highest BCUT2D eigenvalue weighted by atomic mass is 35.5. The lowest BCUT2D eigenvalue weighted by Crippen LogP contribution is -2.22. The van der Waals surface area contributed by atoms with Gasteiger partial charge in [-0.15, -0.1) is 29.7 Å². The van der Waals surface area contributed by atoms with Crippen molar-refractivity contribution >= 4 is 41.4 Å². The summed E-state index contributed by atoms with van der Waals surface area (Å²) < 4.78 is 0. The number of phenolic OH excluding ortho intramolecular Hbond substituents is 1. The number of halogens is 2. The van der Waals surface area contributed by atoms with Crippen molar-refractivity contribution in [2.45, 2.75) is 20.4 Å². The van der Waals surface area contributed by atoms with Crippen LogP contribution in [0.3, 0.4) is 0 Å². The number of pyridine rings is 1. The molecule has 5 nitrogen and oxygen atoms in total. The lowest BCUT2D eigenvalue weighted by Gasteiger charge is -2.19. The third-order valence-electron chi connectivity index (χ3n) is 3.31. The van der Waals surface area contributed by atoms with Crippen LogP contribution >= 0.6 is 24.8 Å². The summed E-state index contributed by atoms with van der Waals surface area (Å²) in [4.78, 5) is 17.2. The molecule has 0 aliphatic carbocycles. The molecule has 0 aliphatic heterocycles. The van der Waals surface area contributed by atoms with Crippen LogP contribution in [-0.2, 0) is 6.54 Å². The van der Waals surface area contributed by atoms with E-state index in [0.717, 1.165) is 13.1 Å². The summed E-state index contributed by atoms with van der Waals surface area (Å²) in [6, 6.07) is 5.10. The van der Waals surface area contributed by atoms with Crippen LogP contribution in [0.1, 0.15) is 19.4 Å². The van der Waals surface area contributed by atoms with Crippen molar-refractivity contribution in [3.63, 3.8) is 0 Å². The first-order valence-corrected chi connectivity index (χ1v) is 6.36. The van der Waals surface area contributed by atoms with E-state index in [0.29, 0.717) is 28.7 Å². The fourth-order valence-corrected chi connectivity index (χ4v) is 2.15. The summed E-state index contributed by atoms with van der Waals surface area (Å²) >= 11 is 0. The molecule has 0 atom stereocenters. The average molecular weight is 332 g/mol. The molecule has 0 unspecified atom stereocenters. The van der Waals surface area contributed by atoms with Crippen LogP contribution in [0.4, 0.5) is 5.69 Å². The summed E-state index contributed by atoms with van der Waals surface area (Å²) in [5, 5.41) is 13.9. The van der Waals surface area contributed by atoms with Crippen molar-refractivity contribution < 1.29 is 5.11 Å². The second-order valence-electron chi connectivity index (χ2n) is 4.36. The van der Waals surface area contributed by atoms with E-state index in [1.165, 1.54) is 0 Å². The van der Waals surface area contributed by atoms with E-state index in [4.69, 9.17) is 0 Å². The van der Waals surface area contributed by atoms with Gasteiger partial charge in [0.25, 0.3) is 0 Å². The van der Waals surface area contributed by atoms with Crippen molar-refractivity contribution in [3.8, 4) is 5.75 Å². The smallest absolute Gasteiger partial charge is 0.146 e. The van der Waals surface area contributed by atoms with Gasteiger partial charge in [-0.2, -0.15) is 0 Å². The molecule has 1 heterocycles. The van der Waals surface area contributed by atoms with E-state index < -0.39 is 0 Å². The molecule has 0 saturated carbocycles. The SMILES string of the molecule is CCN(CC)Cc1cc(N=O)c2cccnc2c1O.Cl.Cl. The van der Waals surface area contributed by atoms with Gasteiger partial charge in [0.05, 0.1) is 0 Å². The summed E-state index contributed by atoms with van der Waals surface area (Å²) in [6.45, 7) is 6.44. The van der Waals surface area contributed by atoms with E-state index in [1.54, 1.807) is 24.4 Å². The number of phenols is 1. The molecular weight excluding hydrogens is 313 g/mol. The normalized spacial score (nSPS) is 10.0. The lowest BCUT2D eigenvalue weighted by molar-refractivity contribution is 0.291. The van der Waals surface area contributed by atoms with Crippen molar-refractivity contribution in [3.05, 3.63) is 34.9 Å². The van der Waals surface area contributed by atoms with Crippen LogP contribution in [-0.4, -0.2) is 28.1 Å². The molecule has 2 aromatic rings. The Kier molecular flexibility index (Phi) is 8.17. The van der Waals surface area contributed by atoms with Crippen LogP contribution in [0.2, 0.25) is 0 Å². The number of nitroso groups, excluding NO2 is 1. The minimum absolute atomic E-state index is 0. The number of benzene rings is 1. The molecule has 0 spiro atoms. The number of aromatic hydroxyl groups is 1. The Morgan fingerprint density at radius 2 is 1.95 bits per heavy atom. The summed E-state index contributed by atoms with van der Waals surface area (Å²) in [6.07, 6.45) is 1.60. The van der Waals surface area contributed by atoms with Crippen molar-refractivity contribution in [1.29, 1.82) is 0 Å². The molecule has 1 aromatic carbocycles. The number of nitrogens with zero attached hydrogens (tertiary/aromatic N) is 3. The van der Waals surface area contributed by atoms with Crippen molar-refractivity contribution in [2.24, 2.45) is 5.18 Å². The molecule has 0 fully saturated rings. The number of hydrogen-bond acceptors (Lipinski definition) is 5. The number of aromatic nitrogens is 1. The van der Waals surface area contributed by atoms with Crippen molar-refractivity contribution in [1.82, 2.24) is 9.88 Å². The Morgan fingerprint density at radius 3 is 2.52 bits per heavy atom. The molecule has 0 saturated heterocycles. The van der Waals surface area contributed by atoms with E-state index >= 15 is 0 Å². The number of hydrogen-bond donors (Lipinski definition) is 1. The molecule has 1 aromatic heterocycles. The van der Waals surface area contributed by atoms with Gasteiger partial charge in [-0.3, -0.25) is 9.88 Å². The maximum Gasteiger partial charge on any atom is 0.146 e. The minimum atomic E-state index is 0. The van der Waals surface area contributed by atoms with Gasteiger partial charge in [0.1, 0.15) is 17.0 Å². The van der Waals surface area contributed by atoms with E-state index in [9.17, 15) is 10.0 Å². The zero-order valence-corrected chi connectivity index (χ0v) is 13.6. The molecule has 0 aliphatic rings. The van der Waals surface area contributed by atoms with Gasteiger partial charge in [0.15, 0.2) is 0 Å². The molecule has 0 radical (unpaired) electrons. The maximum atomic E-state index is 10.9. The zero-order valence-electron chi connectivity index (χ0n) is 11.9. The topological polar surface area (TPSA) is 65.8 Å². The zero-order chi connectivity index (χ0) is 13.8. The lowest BCUT2D eigenvalue weighted by atomic mass is 10.1. The quantitative estimate of drug-likeness (QED) is 0.840. The van der Waals surface area contributed by atoms with Crippen LogP contribution in [0, 0.1) is 4.91 Å². The average Bonchev–Trinajstić information content (AvgIpc) is 2.47. The van der Waals surface area contributed by atoms with Crippen LogP contribution in [0.5, 0.6) is 5.75 Å². The highest BCUT2D eigenvalue weighted by molar-refractivity contribution is 5.94. The van der Waals surface area contributed by atoms with E-state index in [1.807, 2.05) is 0 Å². The Labute approximate surface area is 136 Å². The fourth-order valence-electron chi connectivity index (χ4n) is 2.15. The summed E-state index contributed by atoms with van der Waals surface area (Å²) in [5.41, 5.74) is 1.44. The molecular formula is C14H19Cl2N3O2. The minimum Gasteiger partial charge on any atom is -0.505 e. The molecule has 21 heavy (non-hydrogen) atoms. The van der Waals surface area contributed by atoms with Crippen LogP contribution < -0.4 is 0 Å².